The summed E-state index contributed by atoms with van der Waals surface area (Å²) in [6.45, 7) is 2.19. The molecule has 15 heavy (non-hydrogen) atoms. The fourth-order valence-electron chi connectivity index (χ4n) is 1.41. The second kappa shape index (κ2) is 5.05. The molecule has 2 unspecified atom stereocenters. The van der Waals surface area contributed by atoms with Crippen molar-refractivity contribution in [1.29, 1.82) is 0 Å². The first kappa shape index (κ1) is 12.6. The monoisotopic (exact) mass is 280 g/mol. The fraction of sp³-hybridized carbons (Fsp3) is 0.778. The predicted octanol–water partition coefficient (Wildman–Crippen LogP) is 0.645. The van der Waals surface area contributed by atoms with Crippen LogP contribution in [0.25, 0.3) is 0 Å². The zero-order valence-electron chi connectivity index (χ0n) is 8.62. The molecule has 0 N–H and O–H groups in total. The third-order valence-electron chi connectivity index (χ3n) is 2.16. The Kier molecular flexibility index (Phi) is 4.24. The number of halogens is 1. The molecule has 0 aromatic heterocycles. The summed E-state index contributed by atoms with van der Waals surface area (Å²) in [5.41, 5.74) is 0. The molecule has 1 aliphatic heterocycles. The second-order valence-corrected chi connectivity index (χ2v) is 4.52. The molecule has 0 aromatic carbocycles. The summed E-state index contributed by atoms with van der Waals surface area (Å²) in [4.78, 5) is 23.0. The molecule has 0 saturated carbocycles. The third kappa shape index (κ3) is 2.38. The lowest BCUT2D eigenvalue weighted by Gasteiger charge is -2.23. The van der Waals surface area contributed by atoms with Gasteiger partial charge in [-0.2, -0.15) is 0 Å². The number of hydrogen-bond acceptors (Lipinski definition) is 5. The first-order valence-corrected chi connectivity index (χ1v) is 5.40. The molecular weight excluding hydrogens is 268 g/mol. The van der Waals surface area contributed by atoms with Crippen molar-refractivity contribution >= 4 is 27.7 Å². The van der Waals surface area contributed by atoms with Crippen molar-refractivity contribution in [2.45, 2.75) is 24.0 Å². The zero-order chi connectivity index (χ0) is 11.5. The van der Waals surface area contributed by atoms with Crippen molar-refractivity contribution in [1.82, 2.24) is 0 Å². The van der Waals surface area contributed by atoms with Crippen molar-refractivity contribution in [2.75, 3.05) is 20.3 Å². The Labute approximate surface area is 96.2 Å². The number of Topliss-reactive ketones (excluding diaryl/α,β-unsaturated/α-hetero) is 1. The van der Waals surface area contributed by atoms with Crippen LogP contribution in [0.1, 0.15) is 13.3 Å². The van der Waals surface area contributed by atoms with Gasteiger partial charge in [-0.25, -0.2) is 4.79 Å². The first-order valence-electron chi connectivity index (χ1n) is 4.61. The maximum Gasteiger partial charge on any atom is 0.376 e. The fourth-order valence-corrected chi connectivity index (χ4v) is 2.05. The van der Waals surface area contributed by atoms with Crippen LogP contribution in [0.4, 0.5) is 0 Å². The maximum atomic E-state index is 11.7. The molecule has 0 aromatic rings. The van der Waals surface area contributed by atoms with Gasteiger partial charge in [0.05, 0.1) is 13.2 Å². The molecule has 86 valence electrons. The highest BCUT2D eigenvalue weighted by Crippen LogP contribution is 2.36. The van der Waals surface area contributed by atoms with E-state index in [9.17, 15) is 9.59 Å². The van der Waals surface area contributed by atoms with Crippen LogP contribution >= 0.6 is 15.9 Å². The SMILES string of the molecule is CCOC(=O)C(=O)C1(Br)CCOC1OC. The normalized spacial score (nSPS) is 30.2. The number of ether oxygens (including phenoxy) is 3. The predicted molar refractivity (Wildman–Crippen MR) is 54.7 cm³/mol. The number of rotatable bonds is 4. The van der Waals surface area contributed by atoms with Gasteiger partial charge in [-0.1, -0.05) is 15.9 Å². The van der Waals surface area contributed by atoms with E-state index in [0.717, 1.165) is 0 Å². The molecule has 1 rings (SSSR count). The van der Waals surface area contributed by atoms with Gasteiger partial charge in [-0.3, -0.25) is 4.79 Å². The van der Waals surface area contributed by atoms with Crippen LogP contribution in [0.3, 0.4) is 0 Å². The Morgan fingerprint density at radius 2 is 2.27 bits per heavy atom. The average molecular weight is 281 g/mol. The van der Waals surface area contributed by atoms with Gasteiger partial charge in [0.15, 0.2) is 6.29 Å². The minimum atomic E-state index is -1.10. The smallest absolute Gasteiger partial charge is 0.376 e. The summed E-state index contributed by atoms with van der Waals surface area (Å²) in [5, 5.41) is 0. The van der Waals surface area contributed by atoms with Crippen LogP contribution in [-0.4, -0.2) is 42.7 Å². The Morgan fingerprint density at radius 3 is 2.80 bits per heavy atom. The van der Waals surface area contributed by atoms with E-state index in [1.807, 2.05) is 0 Å². The van der Waals surface area contributed by atoms with Crippen LogP contribution in [0, 0.1) is 0 Å². The number of hydrogen-bond donors (Lipinski definition) is 0. The molecule has 1 heterocycles. The van der Waals surface area contributed by atoms with Crippen molar-refractivity contribution in [3.05, 3.63) is 0 Å². The number of methoxy groups -OCH3 is 1. The molecule has 1 fully saturated rings. The maximum absolute atomic E-state index is 11.7. The Balaban J connectivity index is 2.76. The molecule has 1 saturated heterocycles. The van der Waals surface area contributed by atoms with Gasteiger partial charge in [0, 0.05) is 7.11 Å². The average Bonchev–Trinajstić information content (AvgIpc) is 2.60. The first-order chi connectivity index (χ1) is 7.06. The lowest BCUT2D eigenvalue weighted by molar-refractivity contribution is -0.159. The lowest BCUT2D eigenvalue weighted by atomic mass is 10.0. The van der Waals surface area contributed by atoms with Gasteiger partial charge in [-0.05, 0) is 13.3 Å². The van der Waals surface area contributed by atoms with Crippen molar-refractivity contribution in [3.8, 4) is 0 Å². The summed E-state index contributed by atoms with van der Waals surface area (Å²) in [6.07, 6.45) is -0.349. The van der Waals surface area contributed by atoms with Gasteiger partial charge in [0.1, 0.15) is 4.32 Å². The highest BCUT2D eigenvalue weighted by atomic mass is 79.9. The Hall–Kier alpha value is -0.460. The highest BCUT2D eigenvalue weighted by molar-refractivity contribution is 9.10. The summed E-state index contributed by atoms with van der Waals surface area (Å²) in [5.74, 6) is -1.52. The minimum Gasteiger partial charge on any atom is -0.460 e. The molecule has 0 aliphatic carbocycles. The van der Waals surface area contributed by atoms with E-state index in [4.69, 9.17) is 9.47 Å². The van der Waals surface area contributed by atoms with E-state index in [1.54, 1.807) is 6.92 Å². The van der Waals surface area contributed by atoms with Crippen LogP contribution < -0.4 is 0 Å². The lowest BCUT2D eigenvalue weighted by Crippen LogP contribution is -2.45. The van der Waals surface area contributed by atoms with E-state index in [0.29, 0.717) is 13.0 Å². The van der Waals surface area contributed by atoms with Crippen molar-refractivity contribution < 1.29 is 23.8 Å². The van der Waals surface area contributed by atoms with Gasteiger partial charge < -0.3 is 14.2 Å². The number of ketones is 1. The Bertz CT molecular complexity index is 267. The number of alkyl halides is 1. The minimum absolute atomic E-state index is 0.173. The van der Waals surface area contributed by atoms with Crippen LogP contribution in [0.2, 0.25) is 0 Å². The molecule has 0 radical (unpaired) electrons. The van der Waals surface area contributed by atoms with E-state index >= 15 is 0 Å². The molecule has 0 amide bonds. The second-order valence-electron chi connectivity index (χ2n) is 3.10. The zero-order valence-corrected chi connectivity index (χ0v) is 10.2. The largest absolute Gasteiger partial charge is 0.460 e. The van der Waals surface area contributed by atoms with E-state index in [2.05, 4.69) is 20.7 Å². The van der Waals surface area contributed by atoms with Gasteiger partial charge >= 0.3 is 5.97 Å². The summed E-state index contributed by atoms with van der Waals surface area (Å²) in [6, 6.07) is 0. The Morgan fingerprint density at radius 1 is 1.60 bits per heavy atom. The summed E-state index contributed by atoms with van der Waals surface area (Å²) < 4.78 is 13.7. The molecule has 1 aliphatic rings. The van der Waals surface area contributed by atoms with Gasteiger partial charge in [0.2, 0.25) is 0 Å². The molecule has 2 atom stereocenters. The van der Waals surface area contributed by atoms with Gasteiger partial charge in [0.25, 0.3) is 5.78 Å². The highest BCUT2D eigenvalue weighted by Gasteiger charge is 2.52. The molecular formula is C9H13BrO5. The molecule has 0 spiro atoms. The molecule has 5 nitrogen and oxygen atoms in total. The summed E-state index contributed by atoms with van der Waals surface area (Å²) >= 11 is 3.21. The van der Waals surface area contributed by atoms with Crippen LogP contribution in [0.15, 0.2) is 0 Å². The molecule has 0 bridgehead atoms. The molecule has 6 heteroatoms. The number of carbonyl (C=O) groups is 2. The van der Waals surface area contributed by atoms with E-state index in [1.165, 1.54) is 7.11 Å². The summed E-state index contributed by atoms with van der Waals surface area (Å²) in [7, 11) is 1.42. The van der Waals surface area contributed by atoms with Crippen LogP contribution in [0.5, 0.6) is 0 Å². The quantitative estimate of drug-likeness (QED) is 0.430. The van der Waals surface area contributed by atoms with Crippen molar-refractivity contribution in [3.63, 3.8) is 0 Å². The van der Waals surface area contributed by atoms with E-state index < -0.39 is 22.4 Å². The van der Waals surface area contributed by atoms with Gasteiger partial charge in [-0.15, -0.1) is 0 Å². The third-order valence-corrected chi connectivity index (χ3v) is 3.29. The van der Waals surface area contributed by atoms with E-state index in [-0.39, 0.29) is 6.61 Å². The number of carbonyl (C=O) groups excluding carboxylic acids is 2. The van der Waals surface area contributed by atoms with Crippen molar-refractivity contribution in [2.24, 2.45) is 0 Å². The topological polar surface area (TPSA) is 61.8 Å². The van der Waals surface area contributed by atoms with Crippen LogP contribution in [-0.2, 0) is 23.8 Å². The standard InChI is InChI=1S/C9H13BrO5/c1-3-14-7(12)6(11)9(10)4-5-15-8(9)13-2/h8H,3-5H2,1-2H3. The number of esters is 1.